The molecule has 0 bridgehead atoms. The van der Waals surface area contributed by atoms with Crippen molar-refractivity contribution in [2.24, 2.45) is 11.8 Å². The first-order valence-corrected chi connectivity index (χ1v) is 8.74. The Labute approximate surface area is 151 Å². The van der Waals surface area contributed by atoms with E-state index in [1.807, 2.05) is 20.8 Å². The fraction of sp³-hybridized carbons (Fsp3) is 0.421. The molecule has 0 saturated heterocycles. The van der Waals surface area contributed by atoms with Gasteiger partial charge in [0, 0.05) is 13.1 Å². The first-order chi connectivity index (χ1) is 12.4. The second-order valence-corrected chi connectivity index (χ2v) is 6.51. The summed E-state index contributed by atoms with van der Waals surface area (Å²) in [5.41, 5.74) is 0.308. The molecule has 7 heteroatoms. The number of nitrogens with zero attached hydrogens (tertiary/aromatic N) is 2. The fourth-order valence-electron chi connectivity index (χ4n) is 3.06. The van der Waals surface area contributed by atoms with Crippen molar-refractivity contribution in [3.8, 4) is 0 Å². The Hall–Kier alpha value is -2.70. The van der Waals surface area contributed by atoms with Crippen LogP contribution in [0.15, 0.2) is 35.7 Å². The van der Waals surface area contributed by atoms with E-state index in [0.29, 0.717) is 13.1 Å². The van der Waals surface area contributed by atoms with Gasteiger partial charge >= 0.3 is 11.9 Å². The first-order valence-electron chi connectivity index (χ1n) is 8.74. The number of imide groups is 1. The molecule has 0 aromatic heterocycles. The lowest BCUT2D eigenvalue weighted by Crippen LogP contribution is -2.35. The van der Waals surface area contributed by atoms with Crippen LogP contribution in [0.25, 0.3) is 0 Å². The molecule has 1 aromatic rings. The van der Waals surface area contributed by atoms with E-state index in [4.69, 9.17) is 4.74 Å². The summed E-state index contributed by atoms with van der Waals surface area (Å²) in [6.45, 7) is 6.57. The summed E-state index contributed by atoms with van der Waals surface area (Å²) in [6.07, 6.45) is 0.719. The van der Waals surface area contributed by atoms with E-state index in [0.717, 1.165) is 11.3 Å². The Morgan fingerprint density at radius 1 is 1.19 bits per heavy atom. The van der Waals surface area contributed by atoms with Crippen molar-refractivity contribution in [2.45, 2.75) is 27.2 Å². The lowest BCUT2D eigenvalue weighted by molar-refractivity contribution is -0.144. The molecule has 1 aliphatic heterocycles. The van der Waals surface area contributed by atoms with E-state index in [-0.39, 0.29) is 29.0 Å². The lowest BCUT2D eigenvalue weighted by Gasteiger charge is -2.22. The average molecular weight is 360 g/mol. The predicted octanol–water partition coefficient (Wildman–Crippen LogP) is 2.45. The maximum atomic E-state index is 13.2. The molecule has 2 atom stereocenters. The summed E-state index contributed by atoms with van der Waals surface area (Å²) in [5.74, 6) is -2.49. The minimum Gasteiger partial charge on any atom is -0.418 e. The third-order valence-electron chi connectivity index (χ3n) is 4.80. The van der Waals surface area contributed by atoms with Gasteiger partial charge in [-0.15, -0.1) is 0 Å². The molecule has 6 nitrogen and oxygen atoms in total. The van der Waals surface area contributed by atoms with Crippen LogP contribution in [0.5, 0.6) is 0 Å². The molecule has 2 aliphatic rings. The minimum absolute atomic E-state index is 0.0750. The smallest absolute Gasteiger partial charge is 0.314 e. The highest BCUT2D eigenvalue weighted by Gasteiger charge is 2.47. The number of carbonyl (C=O) groups excluding carboxylic acids is 3. The van der Waals surface area contributed by atoms with Crippen LogP contribution in [0, 0.1) is 17.7 Å². The Morgan fingerprint density at radius 2 is 1.77 bits per heavy atom. The van der Waals surface area contributed by atoms with Gasteiger partial charge in [0.2, 0.25) is 5.76 Å². The summed E-state index contributed by atoms with van der Waals surface area (Å²) in [5, 5.41) is 0. The third-order valence-corrected chi connectivity index (χ3v) is 4.80. The van der Waals surface area contributed by atoms with Gasteiger partial charge in [0.1, 0.15) is 5.82 Å². The van der Waals surface area contributed by atoms with E-state index in [1.165, 1.54) is 24.3 Å². The van der Waals surface area contributed by atoms with Gasteiger partial charge in [-0.25, -0.2) is 9.29 Å². The van der Waals surface area contributed by atoms with E-state index in [2.05, 4.69) is 0 Å². The normalized spacial score (nSPS) is 22.1. The quantitative estimate of drug-likeness (QED) is 0.576. The number of amides is 2. The zero-order valence-electron chi connectivity index (χ0n) is 15.0. The monoisotopic (exact) mass is 360 g/mol. The highest BCUT2D eigenvalue weighted by atomic mass is 19.1. The zero-order valence-corrected chi connectivity index (χ0v) is 15.0. The maximum absolute atomic E-state index is 13.2. The van der Waals surface area contributed by atoms with Gasteiger partial charge < -0.3 is 9.64 Å². The Morgan fingerprint density at radius 3 is 2.27 bits per heavy atom. The van der Waals surface area contributed by atoms with Crippen molar-refractivity contribution in [2.75, 3.05) is 18.0 Å². The number of hydrogen-bond acceptors (Lipinski definition) is 5. The summed E-state index contributed by atoms with van der Waals surface area (Å²) >= 11 is 0. The predicted molar refractivity (Wildman–Crippen MR) is 92.2 cm³/mol. The maximum Gasteiger partial charge on any atom is 0.314 e. The molecule has 1 saturated carbocycles. The molecule has 0 N–H and O–H groups in total. The summed E-state index contributed by atoms with van der Waals surface area (Å²) < 4.78 is 18.6. The molecule has 3 rings (SSSR count). The van der Waals surface area contributed by atoms with Crippen LogP contribution in [-0.2, 0) is 19.1 Å². The van der Waals surface area contributed by atoms with E-state index >= 15 is 0 Å². The molecular weight excluding hydrogens is 339 g/mol. The highest BCUT2D eigenvalue weighted by Crippen LogP contribution is 2.40. The summed E-state index contributed by atoms with van der Waals surface area (Å²) in [7, 11) is 0. The number of halogens is 1. The number of rotatable bonds is 6. The second-order valence-electron chi connectivity index (χ2n) is 6.51. The van der Waals surface area contributed by atoms with Gasteiger partial charge in [-0.1, -0.05) is 6.92 Å². The van der Waals surface area contributed by atoms with Crippen LogP contribution < -0.4 is 4.90 Å². The van der Waals surface area contributed by atoms with E-state index in [1.54, 1.807) is 4.90 Å². The third kappa shape index (κ3) is 3.09. The molecule has 0 unspecified atom stereocenters. The largest absolute Gasteiger partial charge is 0.418 e. The standard InChI is InChI=1S/C19H21FN2O4/c1-4-21(5-2)15-16(26-19(25)14-10-11(14)3)18(24)22(17(15)23)13-8-6-12(20)7-9-13/h6-9,11,14H,4-5,10H2,1-3H3/t11-,14-/m0/s1. The topological polar surface area (TPSA) is 66.9 Å². The van der Waals surface area contributed by atoms with Crippen LogP contribution in [0.2, 0.25) is 0 Å². The molecule has 1 fully saturated rings. The Balaban J connectivity index is 1.97. The van der Waals surface area contributed by atoms with Gasteiger partial charge in [-0.2, -0.15) is 0 Å². The summed E-state index contributed by atoms with van der Waals surface area (Å²) in [4.78, 5) is 40.6. The van der Waals surface area contributed by atoms with Gasteiger partial charge in [-0.3, -0.25) is 14.4 Å². The van der Waals surface area contributed by atoms with Crippen LogP contribution >= 0.6 is 0 Å². The van der Waals surface area contributed by atoms with Crippen LogP contribution in [0.1, 0.15) is 27.2 Å². The molecule has 1 heterocycles. The number of ether oxygens (including phenoxy) is 1. The molecule has 0 radical (unpaired) electrons. The Bertz CT molecular complexity index is 783. The molecular formula is C19H21FN2O4. The van der Waals surface area contributed by atoms with Gasteiger partial charge in [0.25, 0.3) is 5.91 Å². The number of benzene rings is 1. The van der Waals surface area contributed by atoms with Gasteiger partial charge in [0.15, 0.2) is 5.70 Å². The minimum atomic E-state index is -0.704. The highest BCUT2D eigenvalue weighted by molar-refractivity contribution is 6.32. The van der Waals surface area contributed by atoms with Crippen molar-refractivity contribution in [1.82, 2.24) is 4.90 Å². The van der Waals surface area contributed by atoms with Crippen LogP contribution in [-0.4, -0.2) is 35.8 Å². The lowest BCUT2D eigenvalue weighted by atomic mass is 10.3. The number of hydrogen-bond donors (Lipinski definition) is 0. The molecule has 0 spiro atoms. The van der Waals surface area contributed by atoms with E-state index in [9.17, 15) is 18.8 Å². The van der Waals surface area contributed by atoms with Crippen molar-refractivity contribution >= 4 is 23.5 Å². The first kappa shape index (κ1) is 18.1. The molecule has 1 aliphatic carbocycles. The molecule has 26 heavy (non-hydrogen) atoms. The number of carbonyl (C=O) groups is 3. The molecule has 2 amide bonds. The van der Waals surface area contributed by atoms with Gasteiger partial charge in [-0.05, 0) is 50.5 Å². The van der Waals surface area contributed by atoms with Crippen molar-refractivity contribution in [1.29, 1.82) is 0 Å². The number of esters is 1. The average Bonchev–Trinajstić information content (AvgIpc) is 3.31. The van der Waals surface area contributed by atoms with Crippen LogP contribution in [0.3, 0.4) is 0 Å². The molecule has 1 aromatic carbocycles. The van der Waals surface area contributed by atoms with Gasteiger partial charge in [0.05, 0.1) is 11.6 Å². The summed E-state index contributed by atoms with van der Waals surface area (Å²) in [6, 6.07) is 5.03. The second kappa shape index (κ2) is 6.90. The fourth-order valence-corrected chi connectivity index (χ4v) is 3.06. The van der Waals surface area contributed by atoms with Crippen LogP contribution in [0.4, 0.5) is 10.1 Å². The zero-order chi connectivity index (χ0) is 19.0. The van der Waals surface area contributed by atoms with Crippen molar-refractivity contribution < 1.29 is 23.5 Å². The van der Waals surface area contributed by atoms with Crippen molar-refractivity contribution in [3.63, 3.8) is 0 Å². The van der Waals surface area contributed by atoms with E-state index < -0.39 is 23.6 Å². The SMILES string of the molecule is CCN(CC)C1=C(OC(=O)[C@H]2C[C@@H]2C)C(=O)N(c2ccc(F)cc2)C1=O. The Kier molecular flexibility index (Phi) is 4.80. The number of anilines is 1. The number of likely N-dealkylation sites (N-methyl/N-ethyl adjacent to an activating group) is 1. The molecule has 138 valence electrons. The van der Waals surface area contributed by atoms with Crippen molar-refractivity contribution in [3.05, 3.63) is 41.5 Å².